The SMILES string of the molecule is Cc1ccc(NCc2cc(Br)cc(Br)c2O)cc1C. The fourth-order valence-corrected chi connectivity index (χ4v) is 3.12. The van der Waals surface area contributed by atoms with Crippen LogP contribution in [-0.4, -0.2) is 5.11 Å². The predicted molar refractivity (Wildman–Crippen MR) is 86.7 cm³/mol. The largest absolute Gasteiger partial charge is 0.506 e. The van der Waals surface area contributed by atoms with E-state index in [2.05, 4.69) is 63.2 Å². The number of nitrogens with one attached hydrogen (secondary N) is 1. The molecule has 0 aromatic heterocycles. The molecule has 2 aromatic rings. The van der Waals surface area contributed by atoms with Gasteiger partial charge >= 0.3 is 0 Å². The molecule has 19 heavy (non-hydrogen) atoms. The van der Waals surface area contributed by atoms with Gasteiger partial charge in [-0.2, -0.15) is 0 Å². The Balaban J connectivity index is 2.16. The Bertz CT molecular complexity index is 611. The molecule has 0 atom stereocenters. The first-order chi connectivity index (χ1) is 8.97. The van der Waals surface area contributed by atoms with E-state index >= 15 is 0 Å². The first-order valence-corrected chi connectivity index (χ1v) is 7.54. The number of hydrogen-bond donors (Lipinski definition) is 2. The van der Waals surface area contributed by atoms with Gasteiger partial charge in [0, 0.05) is 22.3 Å². The van der Waals surface area contributed by atoms with Crippen LogP contribution in [0.4, 0.5) is 5.69 Å². The molecular weight excluding hydrogens is 370 g/mol. The van der Waals surface area contributed by atoms with Gasteiger partial charge in [-0.15, -0.1) is 0 Å². The monoisotopic (exact) mass is 383 g/mol. The second-order valence-electron chi connectivity index (χ2n) is 4.55. The molecule has 4 heteroatoms. The van der Waals surface area contributed by atoms with E-state index in [0.717, 1.165) is 15.7 Å². The molecule has 0 heterocycles. The number of phenolic OH excluding ortho intramolecular Hbond substituents is 1. The topological polar surface area (TPSA) is 32.3 Å². The van der Waals surface area contributed by atoms with Crippen LogP contribution in [0.5, 0.6) is 5.75 Å². The molecule has 0 saturated heterocycles. The lowest BCUT2D eigenvalue weighted by Crippen LogP contribution is -2.00. The number of benzene rings is 2. The maximum absolute atomic E-state index is 9.99. The lowest BCUT2D eigenvalue weighted by Gasteiger charge is -2.11. The Morgan fingerprint density at radius 2 is 1.79 bits per heavy atom. The van der Waals surface area contributed by atoms with Crippen molar-refractivity contribution < 1.29 is 5.11 Å². The maximum Gasteiger partial charge on any atom is 0.134 e. The molecule has 0 aliphatic heterocycles. The number of hydrogen-bond acceptors (Lipinski definition) is 2. The first kappa shape index (κ1) is 14.4. The summed E-state index contributed by atoms with van der Waals surface area (Å²) < 4.78 is 1.63. The molecule has 0 radical (unpaired) electrons. The normalized spacial score (nSPS) is 10.5. The van der Waals surface area contributed by atoms with Gasteiger partial charge in [0.25, 0.3) is 0 Å². The number of rotatable bonds is 3. The lowest BCUT2D eigenvalue weighted by atomic mass is 10.1. The van der Waals surface area contributed by atoms with E-state index in [1.54, 1.807) is 0 Å². The van der Waals surface area contributed by atoms with Crippen molar-refractivity contribution in [3.05, 3.63) is 56.0 Å². The fraction of sp³-hybridized carbons (Fsp3) is 0.200. The molecular formula is C15H15Br2NO. The molecule has 0 spiro atoms. The smallest absolute Gasteiger partial charge is 0.134 e. The number of phenols is 1. The Hall–Kier alpha value is -1.00. The zero-order chi connectivity index (χ0) is 14.0. The van der Waals surface area contributed by atoms with Gasteiger partial charge < -0.3 is 10.4 Å². The van der Waals surface area contributed by atoms with Gasteiger partial charge in [0.2, 0.25) is 0 Å². The molecule has 0 amide bonds. The van der Waals surface area contributed by atoms with Crippen molar-refractivity contribution >= 4 is 37.5 Å². The van der Waals surface area contributed by atoms with Gasteiger partial charge in [-0.3, -0.25) is 0 Å². The Kier molecular flexibility index (Phi) is 4.53. The summed E-state index contributed by atoms with van der Waals surface area (Å²) >= 11 is 6.76. The summed E-state index contributed by atoms with van der Waals surface area (Å²) in [5.74, 6) is 0.277. The molecule has 2 nitrogen and oxygen atoms in total. The zero-order valence-corrected chi connectivity index (χ0v) is 14.0. The van der Waals surface area contributed by atoms with E-state index < -0.39 is 0 Å². The molecule has 2 rings (SSSR count). The molecule has 100 valence electrons. The maximum atomic E-state index is 9.99. The Labute approximate surface area is 130 Å². The second kappa shape index (κ2) is 5.97. The van der Waals surface area contributed by atoms with E-state index in [4.69, 9.17) is 0 Å². The summed E-state index contributed by atoms with van der Waals surface area (Å²) in [6.07, 6.45) is 0. The van der Waals surface area contributed by atoms with E-state index in [0.29, 0.717) is 11.0 Å². The highest BCUT2D eigenvalue weighted by molar-refractivity contribution is 9.11. The average molecular weight is 385 g/mol. The summed E-state index contributed by atoms with van der Waals surface area (Å²) in [6, 6.07) is 9.99. The Morgan fingerprint density at radius 3 is 2.47 bits per heavy atom. The van der Waals surface area contributed by atoms with Gasteiger partial charge in [0.15, 0.2) is 0 Å². The quantitative estimate of drug-likeness (QED) is 0.767. The van der Waals surface area contributed by atoms with Crippen LogP contribution in [0.3, 0.4) is 0 Å². The highest BCUT2D eigenvalue weighted by Crippen LogP contribution is 2.32. The fourth-order valence-electron chi connectivity index (χ4n) is 1.80. The van der Waals surface area contributed by atoms with Crippen LogP contribution < -0.4 is 5.32 Å². The summed E-state index contributed by atoms with van der Waals surface area (Å²) in [6.45, 7) is 4.76. The van der Waals surface area contributed by atoms with Gasteiger partial charge in [-0.1, -0.05) is 22.0 Å². The van der Waals surface area contributed by atoms with Gasteiger partial charge in [0.05, 0.1) is 4.47 Å². The van der Waals surface area contributed by atoms with E-state index in [1.807, 2.05) is 18.2 Å². The number of aryl methyl sites for hydroxylation is 2. The third-order valence-electron chi connectivity index (χ3n) is 3.10. The van der Waals surface area contributed by atoms with Gasteiger partial charge in [0.1, 0.15) is 5.75 Å². The third kappa shape index (κ3) is 3.51. The van der Waals surface area contributed by atoms with Crippen LogP contribution in [0.1, 0.15) is 16.7 Å². The van der Waals surface area contributed by atoms with Crippen molar-refractivity contribution in [1.29, 1.82) is 0 Å². The minimum absolute atomic E-state index is 0.277. The van der Waals surface area contributed by atoms with E-state index in [1.165, 1.54) is 11.1 Å². The average Bonchev–Trinajstić information content (AvgIpc) is 2.36. The molecule has 0 aliphatic rings. The minimum atomic E-state index is 0.277. The molecule has 2 N–H and O–H groups in total. The van der Waals surface area contributed by atoms with E-state index in [-0.39, 0.29) is 5.75 Å². The van der Waals surface area contributed by atoms with Crippen LogP contribution in [0.15, 0.2) is 39.3 Å². The van der Waals surface area contributed by atoms with Crippen LogP contribution in [0.25, 0.3) is 0 Å². The van der Waals surface area contributed by atoms with Gasteiger partial charge in [-0.05, 0) is 65.2 Å². The van der Waals surface area contributed by atoms with Crippen LogP contribution in [-0.2, 0) is 6.54 Å². The number of aromatic hydroxyl groups is 1. The summed E-state index contributed by atoms with van der Waals surface area (Å²) in [4.78, 5) is 0. The van der Waals surface area contributed by atoms with Crippen molar-refractivity contribution in [1.82, 2.24) is 0 Å². The first-order valence-electron chi connectivity index (χ1n) is 5.95. The second-order valence-corrected chi connectivity index (χ2v) is 6.32. The van der Waals surface area contributed by atoms with E-state index in [9.17, 15) is 5.11 Å². The predicted octanol–water partition coefficient (Wildman–Crippen LogP) is 5.15. The van der Waals surface area contributed by atoms with Crippen LogP contribution in [0, 0.1) is 13.8 Å². The molecule has 2 aromatic carbocycles. The zero-order valence-electron chi connectivity index (χ0n) is 10.8. The van der Waals surface area contributed by atoms with Crippen molar-refractivity contribution in [2.24, 2.45) is 0 Å². The summed E-state index contributed by atoms with van der Waals surface area (Å²) in [5.41, 5.74) is 4.43. The van der Waals surface area contributed by atoms with Crippen LogP contribution in [0.2, 0.25) is 0 Å². The highest BCUT2D eigenvalue weighted by atomic mass is 79.9. The third-order valence-corrected chi connectivity index (χ3v) is 4.16. The summed E-state index contributed by atoms with van der Waals surface area (Å²) in [5, 5.41) is 13.3. The highest BCUT2D eigenvalue weighted by Gasteiger charge is 2.07. The Morgan fingerprint density at radius 1 is 1.05 bits per heavy atom. The molecule has 0 saturated carbocycles. The molecule has 0 unspecified atom stereocenters. The van der Waals surface area contributed by atoms with Crippen molar-refractivity contribution in [3.8, 4) is 5.75 Å². The molecule has 0 bridgehead atoms. The molecule has 0 fully saturated rings. The lowest BCUT2D eigenvalue weighted by molar-refractivity contribution is 0.465. The van der Waals surface area contributed by atoms with Gasteiger partial charge in [-0.25, -0.2) is 0 Å². The minimum Gasteiger partial charge on any atom is -0.506 e. The number of halogens is 2. The van der Waals surface area contributed by atoms with Crippen molar-refractivity contribution in [3.63, 3.8) is 0 Å². The van der Waals surface area contributed by atoms with Crippen molar-refractivity contribution in [2.75, 3.05) is 5.32 Å². The van der Waals surface area contributed by atoms with Crippen LogP contribution >= 0.6 is 31.9 Å². The van der Waals surface area contributed by atoms with Crippen molar-refractivity contribution in [2.45, 2.75) is 20.4 Å². The number of anilines is 1. The molecule has 0 aliphatic carbocycles. The summed E-state index contributed by atoms with van der Waals surface area (Å²) in [7, 11) is 0. The standard InChI is InChI=1S/C15H15Br2NO/c1-9-3-4-13(5-10(9)2)18-8-11-6-12(16)7-14(17)15(11)19/h3-7,18-19H,8H2,1-2H3.